The Labute approximate surface area is 224 Å². The normalized spacial score (nSPS) is 14.2. The molecule has 1 atom stereocenters. The van der Waals surface area contributed by atoms with Gasteiger partial charge in [0.1, 0.15) is 11.5 Å². The van der Waals surface area contributed by atoms with Gasteiger partial charge < -0.3 is 10.4 Å². The Morgan fingerprint density at radius 2 is 1.82 bits per heavy atom. The highest BCUT2D eigenvalue weighted by Gasteiger charge is 2.38. The van der Waals surface area contributed by atoms with Crippen molar-refractivity contribution < 1.29 is 32.3 Å². The number of carboxylic acid groups (broad SMARTS) is 1. The van der Waals surface area contributed by atoms with Gasteiger partial charge in [-0.15, -0.1) is 0 Å². The lowest BCUT2D eigenvalue weighted by molar-refractivity contribution is -0.192. The van der Waals surface area contributed by atoms with Gasteiger partial charge in [-0.2, -0.15) is 23.4 Å². The zero-order valence-corrected chi connectivity index (χ0v) is 20.7. The number of carbonyl (C=O) groups excluding carboxylic acids is 1. The molecule has 2 aromatic heterocycles. The van der Waals surface area contributed by atoms with E-state index in [0.717, 1.165) is 22.3 Å². The SMILES string of the molecule is Cc1ccc(NC(=O)N2N=CC[C@H]2c2ccc(F)cc2)cc1C#Cc1cnc2cccnn12.O=C(O)C(F)(F)F. The molecule has 1 aliphatic rings. The fourth-order valence-corrected chi connectivity index (χ4v) is 3.63. The number of halogens is 4. The Hall–Kier alpha value is -5.25. The van der Waals surface area contributed by atoms with Crippen LogP contribution in [0.4, 0.5) is 28.0 Å². The van der Waals surface area contributed by atoms with Crippen LogP contribution < -0.4 is 5.32 Å². The number of aryl methyl sites for hydroxylation is 1. The van der Waals surface area contributed by atoms with E-state index in [2.05, 4.69) is 32.3 Å². The van der Waals surface area contributed by atoms with Crippen molar-refractivity contribution >= 4 is 29.5 Å². The number of hydrogen-bond donors (Lipinski definition) is 2. The zero-order valence-electron chi connectivity index (χ0n) is 20.7. The first kappa shape index (κ1) is 27.8. The van der Waals surface area contributed by atoms with Crippen molar-refractivity contribution in [2.45, 2.75) is 25.6 Å². The maximum absolute atomic E-state index is 13.3. The van der Waals surface area contributed by atoms with Crippen LogP contribution in [-0.4, -0.2) is 49.1 Å². The molecule has 0 aliphatic carbocycles. The number of hydrogen-bond acceptors (Lipinski definition) is 5. The van der Waals surface area contributed by atoms with Crippen LogP contribution in [0.25, 0.3) is 5.65 Å². The summed E-state index contributed by atoms with van der Waals surface area (Å²) in [6, 6.07) is 14.7. The highest BCUT2D eigenvalue weighted by molar-refractivity contribution is 5.91. The Bertz CT molecular complexity index is 1640. The first-order valence-electron chi connectivity index (χ1n) is 11.6. The number of fused-ring (bicyclic) bond motifs is 1. The maximum Gasteiger partial charge on any atom is 0.490 e. The van der Waals surface area contributed by atoms with Crippen LogP contribution in [0.3, 0.4) is 0 Å². The molecule has 0 saturated heterocycles. The molecule has 3 heterocycles. The number of alkyl halides is 3. The van der Waals surface area contributed by atoms with Crippen LogP contribution in [0.1, 0.15) is 34.8 Å². The first-order valence-corrected chi connectivity index (χ1v) is 11.6. The number of carboxylic acids is 1. The summed E-state index contributed by atoms with van der Waals surface area (Å²) < 4.78 is 46.7. The number of amides is 2. The molecule has 4 aromatic rings. The highest BCUT2D eigenvalue weighted by atomic mass is 19.4. The molecule has 0 radical (unpaired) electrons. The summed E-state index contributed by atoms with van der Waals surface area (Å²) in [7, 11) is 0. The number of hydrazone groups is 1. The second kappa shape index (κ2) is 11.6. The lowest BCUT2D eigenvalue weighted by Gasteiger charge is -2.22. The number of aliphatic carboxylic acids is 1. The van der Waals surface area contributed by atoms with Gasteiger partial charge in [0.25, 0.3) is 0 Å². The van der Waals surface area contributed by atoms with Gasteiger partial charge in [-0.25, -0.2) is 28.5 Å². The topological polar surface area (TPSA) is 112 Å². The average molecular weight is 552 g/mol. The second-order valence-corrected chi connectivity index (χ2v) is 8.40. The molecule has 2 amide bonds. The van der Waals surface area contributed by atoms with Crippen molar-refractivity contribution in [1.82, 2.24) is 19.6 Å². The molecule has 5 rings (SSSR count). The highest BCUT2D eigenvalue weighted by Crippen LogP contribution is 2.29. The minimum atomic E-state index is -5.08. The molecule has 1 aliphatic heterocycles. The van der Waals surface area contributed by atoms with Crippen LogP contribution in [0, 0.1) is 24.6 Å². The minimum absolute atomic E-state index is 0.280. The monoisotopic (exact) mass is 552 g/mol. The summed E-state index contributed by atoms with van der Waals surface area (Å²) >= 11 is 0. The van der Waals surface area contributed by atoms with Gasteiger partial charge in [-0.1, -0.05) is 24.1 Å². The third-order valence-corrected chi connectivity index (χ3v) is 5.63. The Kier molecular flexibility index (Phi) is 8.09. The second-order valence-electron chi connectivity index (χ2n) is 8.40. The molecule has 40 heavy (non-hydrogen) atoms. The van der Waals surface area contributed by atoms with E-state index < -0.39 is 12.1 Å². The number of nitrogens with one attached hydrogen (secondary N) is 1. The number of imidazole rings is 1. The molecule has 0 unspecified atom stereocenters. The van der Waals surface area contributed by atoms with E-state index >= 15 is 0 Å². The number of carbonyl (C=O) groups is 2. The average Bonchev–Trinajstić information content (AvgIpc) is 3.57. The van der Waals surface area contributed by atoms with Crippen molar-refractivity contribution in [3.8, 4) is 11.8 Å². The predicted octanol–water partition coefficient (Wildman–Crippen LogP) is 5.17. The molecule has 2 aromatic carbocycles. The fourth-order valence-electron chi connectivity index (χ4n) is 3.63. The zero-order chi connectivity index (χ0) is 28.9. The van der Waals surface area contributed by atoms with Crippen molar-refractivity contribution in [2.75, 3.05) is 5.32 Å². The van der Waals surface area contributed by atoms with E-state index in [1.807, 2.05) is 37.3 Å². The van der Waals surface area contributed by atoms with Crippen molar-refractivity contribution in [2.24, 2.45) is 5.10 Å². The largest absolute Gasteiger partial charge is 0.490 e. The van der Waals surface area contributed by atoms with E-state index in [0.29, 0.717) is 17.8 Å². The van der Waals surface area contributed by atoms with E-state index in [1.54, 1.807) is 35.3 Å². The molecule has 9 nitrogen and oxygen atoms in total. The lowest BCUT2D eigenvalue weighted by atomic mass is 10.0. The molecule has 2 N–H and O–H groups in total. The van der Waals surface area contributed by atoms with Crippen molar-refractivity contribution in [3.05, 3.63) is 95.2 Å². The maximum atomic E-state index is 13.3. The van der Waals surface area contributed by atoms with E-state index in [9.17, 15) is 22.4 Å². The van der Waals surface area contributed by atoms with E-state index in [1.165, 1.54) is 17.1 Å². The van der Waals surface area contributed by atoms with Gasteiger partial charge in [0.05, 0.1) is 12.2 Å². The molecular formula is C27H20F4N6O3. The number of anilines is 1. The number of benzene rings is 2. The molecular weight excluding hydrogens is 532 g/mol. The summed E-state index contributed by atoms with van der Waals surface area (Å²) in [5, 5.41) is 19.9. The summed E-state index contributed by atoms with van der Waals surface area (Å²) in [5.41, 5.74) is 4.58. The Balaban J connectivity index is 0.000000470. The third kappa shape index (κ3) is 6.60. The number of urea groups is 1. The molecule has 0 saturated carbocycles. The van der Waals surface area contributed by atoms with Gasteiger partial charge in [-0.3, -0.25) is 0 Å². The quantitative estimate of drug-likeness (QED) is 0.263. The summed E-state index contributed by atoms with van der Waals surface area (Å²) in [4.78, 5) is 26.1. The molecule has 0 spiro atoms. The first-order chi connectivity index (χ1) is 19.0. The van der Waals surface area contributed by atoms with Crippen LogP contribution >= 0.6 is 0 Å². The van der Waals surface area contributed by atoms with Crippen LogP contribution in [0.5, 0.6) is 0 Å². The predicted molar refractivity (Wildman–Crippen MR) is 137 cm³/mol. The van der Waals surface area contributed by atoms with Crippen LogP contribution in [-0.2, 0) is 4.79 Å². The van der Waals surface area contributed by atoms with Crippen molar-refractivity contribution in [1.29, 1.82) is 0 Å². The van der Waals surface area contributed by atoms with Gasteiger partial charge in [0, 0.05) is 30.1 Å². The molecule has 204 valence electrons. The van der Waals surface area contributed by atoms with Gasteiger partial charge >= 0.3 is 18.2 Å². The Morgan fingerprint density at radius 1 is 1.10 bits per heavy atom. The van der Waals surface area contributed by atoms with Crippen LogP contribution in [0.15, 0.2) is 72.1 Å². The molecule has 0 fully saturated rings. The smallest absolute Gasteiger partial charge is 0.475 e. The third-order valence-electron chi connectivity index (χ3n) is 5.63. The molecule has 13 heteroatoms. The number of rotatable bonds is 2. The van der Waals surface area contributed by atoms with Gasteiger partial charge in [-0.05, 0) is 60.4 Å². The van der Waals surface area contributed by atoms with Crippen LogP contribution in [0.2, 0.25) is 0 Å². The Morgan fingerprint density at radius 3 is 2.52 bits per heavy atom. The van der Waals surface area contributed by atoms with Crippen molar-refractivity contribution in [3.63, 3.8) is 0 Å². The molecule has 0 bridgehead atoms. The van der Waals surface area contributed by atoms with E-state index in [4.69, 9.17) is 9.90 Å². The standard InChI is InChI=1S/C25H19FN6O.C2HF3O2/c1-17-4-10-21(15-19(17)7-11-22-16-27-24-3-2-13-28-31(22)24)30-25(33)32-23(12-14-29-32)18-5-8-20(26)9-6-18;3-2(4,5)1(6)7/h2-6,8-10,13-16,23H,12H2,1H3,(H,30,33);(H,6,7)/t23-;/m0./s1. The summed E-state index contributed by atoms with van der Waals surface area (Å²) in [6.07, 6.45) is 0.527. The number of aromatic nitrogens is 3. The lowest BCUT2D eigenvalue weighted by Crippen LogP contribution is -2.31. The minimum Gasteiger partial charge on any atom is -0.475 e. The van der Waals surface area contributed by atoms with E-state index in [-0.39, 0.29) is 17.9 Å². The summed E-state index contributed by atoms with van der Waals surface area (Å²) in [6.45, 7) is 1.96. The number of nitrogens with zero attached hydrogens (tertiary/aromatic N) is 5. The van der Waals surface area contributed by atoms with Gasteiger partial charge in [0.2, 0.25) is 0 Å². The fraction of sp³-hybridized carbons (Fsp3) is 0.148. The van der Waals surface area contributed by atoms with Gasteiger partial charge in [0.15, 0.2) is 5.65 Å². The summed E-state index contributed by atoms with van der Waals surface area (Å²) in [5.74, 6) is 3.18.